The Labute approximate surface area is 130 Å². The van der Waals surface area contributed by atoms with E-state index in [1.54, 1.807) is 0 Å². The molecule has 4 nitrogen and oxygen atoms in total. The second kappa shape index (κ2) is 4.83. The van der Waals surface area contributed by atoms with E-state index in [0.29, 0.717) is 0 Å². The summed E-state index contributed by atoms with van der Waals surface area (Å²) >= 11 is 0. The number of anilines is 1. The van der Waals surface area contributed by atoms with Gasteiger partial charge in [0, 0.05) is 23.5 Å². The van der Waals surface area contributed by atoms with Gasteiger partial charge in [-0.05, 0) is 51.3 Å². The van der Waals surface area contributed by atoms with Gasteiger partial charge >= 0.3 is 0 Å². The fraction of sp³-hybridized carbons (Fsp3) is 0.333. The number of amides is 1. The Kier molecular flexibility index (Phi) is 3.20. The maximum absolute atomic E-state index is 11.3. The average molecular weight is 295 g/mol. The lowest BCUT2D eigenvalue weighted by Crippen LogP contribution is -2.22. The largest absolute Gasteiger partial charge is 0.326 e. The Bertz CT molecular complexity index is 885. The van der Waals surface area contributed by atoms with Gasteiger partial charge in [0.1, 0.15) is 5.82 Å². The first-order valence-electron chi connectivity index (χ1n) is 7.47. The minimum Gasteiger partial charge on any atom is -0.326 e. The highest BCUT2D eigenvalue weighted by molar-refractivity contribution is 6.06. The van der Waals surface area contributed by atoms with Gasteiger partial charge in [0.2, 0.25) is 5.91 Å². The number of carbonyl (C=O) groups excluding carboxylic acids is 1. The van der Waals surface area contributed by atoms with Gasteiger partial charge in [0.15, 0.2) is 0 Å². The van der Waals surface area contributed by atoms with Crippen LogP contribution in [0.25, 0.3) is 21.8 Å². The second-order valence-corrected chi connectivity index (χ2v) is 6.72. The summed E-state index contributed by atoms with van der Waals surface area (Å²) in [5.74, 6) is 0.933. The van der Waals surface area contributed by atoms with Crippen molar-refractivity contribution in [2.45, 2.75) is 40.2 Å². The van der Waals surface area contributed by atoms with E-state index in [2.05, 4.69) is 42.8 Å². The van der Waals surface area contributed by atoms with Crippen LogP contribution < -0.4 is 5.32 Å². The summed E-state index contributed by atoms with van der Waals surface area (Å²) in [4.78, 5) is 16.0. The molecule has 4 heteroatoms. The van der Waals surface area contributed by atoms with Crippen molar-refractivity contribution in [2.24, 2.45) is 0 Å². The number of imidazole rings is 1. The van der Waals surface area contributed by atoms with Crippen LogP contribution in [0.2, 0.25) is 0 Å². The highest BCUT2D eigenvalue weighted by atomic mass is 16.1. The molecule has 3 rings (SSSR count). The first kappa shape index (κ1) is 14.6. The highest BCUT2D eigenvalue weighted by Gasteiger charge is 2.20. The molecular weight excluding hydrogens is 274 g/mol. The van der Waals surface area contributed by atoms with Crippen LogP contribution in [0.4, 0.5) is 5.69 Å². The monoisotopic (exact) mass is 295 g/mol. The predicted molar refractivity (Wildman–Crippen MR) is 91.3 cm³/mol. The predicted octanol–water partition coefficient (Wildman–Crippen LogP) is 4.21. The summed E-state index contributed by atoms with van der Waals surface area (Å²) in [6.45, 7) is 10.1. The first-order valence-corrected chi connectivity index (χ1v) is 7.47. The second-order valence-electron chi connectivity index (χ2n) is 6.72. The summed E-state index contributed by atoms with van der Waals surface area (Å²) in [6.07, 6.45) is 0. The molecule has 0 atom stereocenters. The molecule has 0 saturated carbocycles. The Hall–Kier alpha value is -2.36. The van der Waals surface area contributed by atoms with Crippen molar-refractivity contribution in [3.63, 3.8) is 0 Å². The molecule has 0 radical (unpaired) electrons. The van der Waals surface area contributed by atoms with E-state index in [0.717, 1.165) is 33.3 Å². The molecule has 1 N–H and O–H groups in total. The molecular formula is C18H21N3O. The molecule has 0 aliphatic carbocycles. The van der Waals surface area contributed by atoms with Crippen molar-refractivity contribution in [3.05, 3.63) is 36.2 Å². The van der Waals surface area contributed by atoms with Crippen LogP contribution in [0.15, 0.2) is 30.3 Å². The van der Waals surface area contributed by atoms with Crippen LogP contribution in [-0.2, 0) is 10.3 Å². The number of carbonyl (C=O) groups is 1. The lowest BCUT2D eigenvalue weighted by atomic mass is 10.1. The van der Waals surface area contributed by atoms with E-state index in [9.17, 15) is 4.79 Å². The van der Waals surface area contributed by atoms with Gasteiger partial charge in [0.25, 0.3) is 0 Å². The molecule has 0 bridgehead atoms. The van der Waals surface area contributed by atoms with Crippen molar-refractivity contribution in [1.82, 2.24) is 9.55 Å². The third-order valence-corrected chi connectivity index (χ3v) is 3.80. The normalized spacial score (nSPS) is 12.0. The van der Waals surface area contributed by atoms with Crippen molar-refractivity contribution in [3.8, 4) is 0 Å². The van der Waals surface area contributed by atoms with Gasteiger partial charge in [-0.2, -0.15) is 0 Å². The molecule has 0 unspecified atom stereocenters. The number of aryl methyl sites for hydroxylation is 1. The molecule has 1 amide bonds. The fourth-order valence-electron chi connectivity index (χ4n) is 3.10. The molecule has 0 saturated heterocycles. The van der Waals surface area contributed by atoms with Gasteiger partial charge in [-0.15, -0.1) is 0 Å². The molecule has 22 heavy (non-hydrogen) atoms. The summed E-state index contributed by atoms with van der Waals surface area (Å²) in [6, 6.07) is 10.2. The van der Waals surface area contributed by atoms with Crippen LogP contribution in [0.5, 0.6) is 0 Å². The van der Waals surface area contributed by atoms with Gasteiger partial charge < -0.3 is 9.88 Å². The molecule has 0 spiro atoms. The molecule has 2 aromatic carbocycles. The van der Waals surface area contributed by atoms with E-state index in [1.165, 1.54) is 6.92 Å². The van der Waals surface area contributed by atoms with E-state index in [1.807, 2.05) is 25.1 Å². The molecule has 0 aliphatic heterocycles. The maximum atomic E-state index is 11.3. The van der Waals surface area contributed by atoms with Crippen LogP contribution in [0, 0.1) is 6.92 Å². The van der Waals surface area contributed by atoms with Gasteiger partial charge in [0.05, 0.1) is 11.0 Å². The summed E-state index contributed by atoms with van der Waals surface area (Å²) in [5.41, 5.74) is 2.88. The number of hydrogen-bond acceptors (Lipinski definition) is 2. The van der Waals surface area contributed by atoms with Gasteiger partial charge in [-0.25, -0.2) is 4.98 Å². The number of aromatic nitrogens is 2. The van der Waals surface area contributed by atoms with Gasteiger partial charge in [-0.1, -0.05) is 12.1 Å². The Morgan fingerprint density at radius 2 is 1.86 bits per heavy atom. The fourth-order valence-corrected chi connectivity index (χ4v) is 3.10. The van der Waals surface area contributed by atoms with E-state index >= 15 is 0 Å². The van der Waals surface area contributed by atoms with E-state index in [-0.39, 0.29) is 11.4 Å². The van der Waals surface area contributed by atoms with Crippen LogP contribution >= 0.6 is 0 Å². The minimum absolute atomic E-state index is 0.0260. The zero-order chi connectivity index (χ0) is 16.1. The van der Waals surface area contributed by atoms with E-state index < -0.39 is 0 Å². The first-order chi connectivity index (χ1) is 10.3. The minimum atomic E-state index is -0.0667. The van der Waals surface area contributed by atoms with Crippen molar-refractivity contribution >= 4 is 33.4 Å². The summed E-state index contributed by atoms with van der Waals surface area (Å²) < 4.78 is 2.26. The average Bonchev–Trinajstić information content (AvgIpc) is 2.74. The molecule has 114 valence electrons. The number of hydrogen-bond donors (Lipinski definition) is 1. The number of nitrogens with zero attached hydrogens (tertiary/aromatic N) is 2. The molecule has 3 aromatic rings. The SMILES string of the molecule is CC(=O)Nc1ccc2ccc3c(nc(C)n3C(C)(C)C)c2c1. The van der Waals surface area contributed by atoms with Crippen LogP contribution in [0.1, 0.15) is 33.5 Å². The summed E-state index contributed by atoms with van der Waals surface area (Å²) in [7, 11) is 0. The zero-order valence-corrected chi connectivity index (χ0v) is 13.7. The molecule has 1 heterocycles. The zero-order valence-electron chi connectivity index (χ0n) is 13.7. The van der Waals surface area contributed by atoms with Crippen LogP contribution in [-0.4, -0.2) is 15.5 Å². The van der Waals surface area contributed by atoms with Crippen molar-refractivity contribution in [1.29, 1.82) is 0 Å². The number of nitrogens with one attached hydrogen (secondary N) is 1. The Balaban J connectivity index is 2.32. The van der Waals surface area contributed by atoms with Crippen molar-refractivity contribution < 1.29 is 4.79 Å². The highest BCUT2D eigenvalue weighted by Crippen LogP contribution is 2.31. The molecule has 1 aromatic heterocycles. The number of rotatable bonds is 1. The third kappa shape index (κ3) is 2.34. The maximum Gasteiger partial charge on any atom is 0.221 e. The molecule has 0 aliphatic rings. The number of benzene rings is 2. The topological polar surface area (TPSA) is 46.9 Å². The van der Waals surface area contributed by atoms with E-state index in [4.69, 9.17) is 4.98 Å². The smallest absolute Gasteiger partial charge is 0.221 e. The van der Waals surface area contributed by atoms with Crippen LogP contribution in [0.3, 0.4) is 0 Å². The third-order valence-electron chi connectivity index (χ3n) is 3.80. The molecule has 0 fully saturated rings. The van der Waals surface area contributed by atoms with Crippen molar-refractivity contribution in [2.75, 3.05) is 5.32 Å². The standard InChI is InChI=1S/C18H21N3O/c1-11-19-17-15-10-14(20-12(2)22)8-6-13(15)7-9-16(17)21(11)18(3,4)5/h6-10H,1-5H3,(H,20,22). The Morgan fingerprint density at radius 3 is 2.50 bits per heavy atom. The summed E-state index contributed by atoms with van der Waals surface area (Å²) in [5, 5.41) is 5.03. The lowest BCUT2D eigenvalue weighted by molar-refractivity contribution is -0.114. The lowest BCUT2D eigenvalue weighted by Gasteiger charge is -2.23. The number of fused-ring (bicyclic) bond motifs is 3. The Morgan fingerprint density at radius 1 is 1.18 bits per heavy atom. The quantitative estimate of drug-likeness (QED) is 0.731. The van der Waals surface area contributed by atoms with Gasteiger partial charge in [-0.3, -0.25) is 4.79 Å².